The molecule has 3 heteroatoms. The Hall–Kier alpha value is -0.830. The number of fused-ring (bicyclic) bond motifs is 1. The van der Waals surface area contributed by atoms with Gasteiger partial charge in [0, 0.05) is 30.1 Å². The van der Waals surface area contributed by atoms with Crippen molar-refractivity contribution in [1.82, 2.24) is 9.55 Å². The zero-order valence-electron chi connectivity index (χ0n) is 11.7. The molecule has 0 amide bonds. The van der Waals surface area contributed by atoms with Crippen LogP contribution in [0.2, 0.25) is 0 Å². The molecule has 1 saturated carbocycles. The van der Waals surface area contributed by atoms with E-state index in [4.69, 9.17) is 10.7 Å². The maximum Gasteiger partial charge on any atom is 0.112 e. The van der Waals surface area contributed by atoms with Gasteiger partial charge in [-0.1, -0.05) is 20.3 Å². The van der Waals surface area contributed by atoms with Crippen LogP contribution in [-0.2, 0) is 18.4 Å². The van der Waals surface area contributed by atoms with Crippen molar-refractivity contribution < 1.29 is 0 Å². The second-order valence-electron chi connectivity index (χ2n) is 6.59. The van der Waals surface area contributed by atoms with Gasteiger partial charge in [-0.25, -0.2) is 4.98 Å². The number of imidazole rings is 1. The van der Waals surface area contributed by atoms with Crippen molar-refractivity contribution in [2.75, 3.05) is 6.54 Å². The predicted octanol–water partition coefficient (Wildman–Crippen LogP) is 2.72. The fourth-order valence-electron chi connectivity index (χ4n) is 3.19. The van der Waals surface area contributed by atoms with Crippen molar-refractivity contribution in [2.45, 2.75) is 70.3 Å². The van der Waals surface area contributed by atoms with Gasteiger partial charge in [0.1, 0.15) is 5.82 Å². The first-order valence-electron chi connectivity index (χ1n) is 7.43. The molecular formula is C15H25N3. The topological polar surface area (TPSA) is 43.8 Å². The quantitative estimate of drug-likeness (QED) is 0.892. The zero-order valence-corrected chi connectivity index (χ0v) is 11.7. The van der Waals surface area contributed by atoms with Crippen LogP contribution >= 0.6 is 0 Å². The fraction of sp³-hybridized carbons (Fsp3) is 0.800. The van der Waals surface area contributed by atoms with Crippen LogP contribution in [0.15, 0.2) is 0 Å². The Morgan fingerprint density at radius 3 is 2.67 bits per heavy atom. The van der Waals surface area contributed by atoms with Crippen molar-refractivity contribution in [3.63, 3.8) is 0 Å². The molecule has 0 radical (unpaired) electrons. The largest absolute Gasteiger partial charge is 0.332 e. The molecule has 1 aromatic rings. The second kappa shape index (κ2) is 4.37. The lowest BCUT2D eigenvalue weighted by atomic mass is 9.84. The normalized spacial score (nSPS) is 20.6. The van der Waals surface area contributed by atoms with Crippen molar-refractivity contribution in [1.29, 1.82) is 0 Å². The Bertz CT molecular complexity index is 441. The van der Waals surface area contributed by atoms with Crippen LogP contribution in [0.4, 0.5) is 0 Å². The molecule has 1 aliphatic heterocycles. The Kier molecular flexibility index (Phi) is 2.97. The van der Waals surface area contributed by atoms with E-state index in [1.54, 1.807) is 0 Å². The summed E-state index contributed by atoms with van der Waals surface area (Å²) in [5.41, 5.74) is 8.75. The number of nitrogens with two attached hydrogens (primary N) is 1. The molecule has 0 atom stereocenters. The smallest absolute Gasteiger partial charge is 0.112 e. The molecule has 1 aliphatic carbocycles. The van der Waals surface area contributed by atoms with Crippen LogP contribution in [0.3, 0.4) is 0 Å². The van der Waals surface area contributed by atoms with Crippen LogP contribution in [-0.4, -0.2) is 16.1 Å². The van der Waals surface area contributed by atoms with Crippen molar-refractivity contribution in [3.8, 4) is 0 Å². The van der Waals surface area contributed by atoms with E-state index < -0.39 is 0 Å². The van der Waals surface area contributed by atoms with E-state index in [0.717, 1.165) is 5.92 Å². The maximum atomic E-state index is 5.95. The number of hydrogen-bond acceptors (Lipinski definition) is 2. The van der Waals surface area contributed by atoms with Crippen LogP contribution < -0.4 is 5.73 Å². The lowest BCUT2D eigenvalue weighted by Crippen LogP contribution is -2.30. The Labute approximate surface area is 110 Å². The third-order valence-electron chi connectivity index (χ3n) is 4.77. The van der Waals surface area contributed by atoms with Crippen molar-refractivity contribution in [3.05, 3.63) is 17.2 Å². The first kappa shape index (κ1) is 12.2. The lowest BCUT2D eigenvalue weighted by molar-refractivity contribution is 0.376. The van der Waals surface area contributed by atoms with Crippen LogP contribution in [0.1, 0.15) is 69.1 Å². The standard InChI is InChI=1S/C15H25N3/c1-15(2,10-16)13-12-8-3-4-9-18(12)14(17-13)11-6-5-7-11/h11H,3-10,16H2,1-2H3. The van der Waals surface area contributed by atoms with Crippen molar-refractivity contribution >= 4 is 0 Å². The fourth-order valence-corrected chi connectivity index (χ4v) is 3.19. The third kappa shape index (κ3) is 1.80. The molecule has 0 aromatic carbocycles. The first-order chi connectivity index (χ1) is 8.63. The molecule has 3 nitrogen and oxygen atoms in total. The van der Waals surface area contributed by atoms with Gasteiger partial charge in [-0.15, -0.1) is 0 Å². The zero-order chi connectivity index (χ0) is 12.8. The number of rotatable bonds is 3. The monoisotopic (exact) mass is 247 g/mol. The lowest BCUT2D eigenvalue weighted by Gasteiger charge is -2.27. The molecule has 0 spiro atoms. The highest BCUT2D eigenvalue weighted by Crippen LogP contribution is 2.39. The van der Waals surface area contributed by atoms with Gasteiger partial charge in [-0.3, -0.25) is 0 Å². The summed E-state index contributed by atoms with van der Waals surface area (Å²) >= 11 is 0. The van der Waals surface area contributed by atoms with Gasteiger partial charge >= 0.3 is 0 Å². The number of hydrogen-bond donors (Lipinski definition) is 1. The predicted molar refractivity (Wildman–Crippen MR) is 73.8 cm³/mol. The highest BCUT2D eigenvalue weighted by atomic mass is 15.1. The van der Waals surface area contributed by atoms with E-state index in [2.05, 4.69) is 18.4 Å². The molecule has 0 unspecified atom stereocenters. The summed E-state index contributed by atoms with van der Waals surface area (Å²) in [7, 11) is 0. The van der Waals surface area contributed by atoms with Gasteiger partial charge in [0.15, 0.2) is 0 Å². The van der Waals surface area contributed by atoms with Gasteiger partial charge in [-0.2, -0.15) is 0 Å². The molecule has 3 rings (SSSR count). The maximum absolute atomic E-state index is 5.95. The van der Waals surface area contributed by atoms with E-state index in [9.17, 15) is 0 Å². The SMILES string of the molecule is CC(C)(CN)c1nc(C2CCC2)n2c1CCCC2. The van der Waals surface area contributed by atoms with Gasteiger partial charge in [0.25, 0.3) is 0 Å². The minimum Gasteiger partial charge on any atom is -0.332 e. The van der Waals surface area contributed by atoms with Crippen molar-refractivity contribution in [2.24, 2.45) is 5.73 Å². The average Bonchev–Trinajstić information content (AvgIpc) is 2.68. The van der Waals surface area contributed by atoms with Crippen LogP contribution in [0, 0.1) is 0 Å². The van der Waals surface area contributed by atoms with Crippen LogP contribution in [0.5, 0.6) is 0 Å². The van der Waals surface area contributed by atoms with E-state index in [0.29, 0.717) is 6.54 Å². The number of aromatic nitrogens is 2. The molecule has 0 bridgehead atoms. The van der Waals surface area contributed by atoms with Crippen LogP contribution in [0.25, 0.3) is 0 Å². The van der Waals surface area contributed by atoms with Gasteiger partial charge < -0.3 is 10.3 Å². The minimum absolute atomic E-state index is 0.0242. The van der Waals surface area contributed by atoms with E-state index >= 15 is 0 Å². The molecule has 1 aromatic heterocycles. The Morgan fingerprint density at radius 2 is 2.06 bits per heavy atom. The molecule has 2 heterocycles. The van der Waals surface area contributed by atoms with Gasteiger partial charge in [0.2, 0.25) is 0 Å². The van der Waals surface area contributed by atoms with E-state index in [1.807, 2.05) is 0 Å². The second-order valence-corrected chi connectivity index (χ2v) is 6.59. The average molecular weight is 247 g/mol. The summed E-state index contributed by atoms with van der Waals surface area (Å²) in [6.07, 6.45) is 7.86. The Morgan fingerprint density at radius 1 is 1.28 bits per heavy atom. The summed E-state index contributed by atoms with van der Waals surface area (Å²) in [6, 6.07) is 0. The number of nitrogens with zero attached hydrogens (tertiary/aromatic N) is 2. The molecule has 2 aliphatic rings. The highest BCUT2D eigenvalue weighted by molar-refractivity contribution is 5.28. The van der Waals surface area contributed by atoms with Gasteiger partial charge in [-0.05, 0) is 32.1 Å². The highest BCUT2D eigenvalue weighted by Gasteiger charge is 2.33. The minimum atomic E-state index is 0.0242. The molecule has 1 fully saturated rings. The molecule has 0 saturated heterocycles. The molecule has 100 valence electrons. The summed E-state index contributed by atoms with van der Waals surface area (Å²) in [6.45, 7) is 6.32. The summed E-state index contributed by atoms with van der Waals surface area (Å²) in [5.74, 6) is 2.09. The molecule has 18 heavy (non-hydrogen) atoms. The first-order valence-corrected chi connectivity index (χ1v) is 7.43. The van der Waals surface area contributed by atoms with Gasteiger partial charge in [0.05, 0.1) is 5.69 Å². The Balaban J connectivity index is 2.06. The molecular weight excluding hydrogens is 222 g/mol. The summed E-state index contributed by atoms with van der Waals surface area (Å²) < 4.78 is 2.53. The summed E-state index contributed by atoms with van der Waals surface area (Å²) in [5, 5.41) is 0. The summed E-state index contributed by atoms with van der Waals surface area (Å²) in [4.78, 5) is 5.04. The third-order valence-corrected chi connectivity index (χ3v) is 4.77. The van der Waals surface area contributed by atoms with E-state index in [1.165, 1.54) is 62.3 Å². The molecule has 2 N–H and O–H groups in total. The van der Waals surface area contributed by atoms with E-state index in [-0.39, 0.29) is 5.41 Å².